The summed E-state index contributed by atoms with van der Waals surface area (Å²) >= 11 is 0. The van der Waals surface area contributed by atoms with Gasteiger partial charge in [0, 0.05) is 48.2 Å². The number of carbonyl (C=O) groups is 1. The third-order valence-corrected chi connectivity index (χ3v) is 9.10. The van der Waals surface area contributed by atoms with E-state index in [1.165, 1.54) is 18.5 Å². The molecule has 2 aromatic rings. The summed E-state index contributed by atoms with van der Waals surface area (Å²) in [5.74, 6) is 0.797. The van der Waals surface area contributed by atoms with Crippen LogP contribution in [0, 0.1) is 5.41 Å². The van der Waals surface area contributed by atoms with E-state index in [1.807, 2.05) is 17.9 Å². The average molecular weight is 460 g/mol. The van der Waals surface area contributed by atoms with Gasteiger partial charge in [-0.2, -0.15) is 0 Å². The second kappa shape index (κ2) is 8.15. The van der Waals surface area contributed by atoms with Crippen LogP contribution in [-0.4, -0.2) is 56.1 Å². The number of aryl methyl sites for hydroxylation is 1. The van der Waals surface area contributed by atoms with Crippen molar-refractivity contribution in [3.8, 4) is 0 Å². The normalized spacial score (nSPS) is 27.1. The topological polar surface area (TPSA) is 80.6 Å². The third-order valence-electron chi connectivity index (χ3n) is 7.58. The van der Waals surface area contributed by atoms with Crippen molar-refractivity contribution in [3.63, 3.8) is 0 Å². The van der Waals surface area contributed by atoms with Gasteiger partial charge < -0.3 is 14.2 Å². The zero-order valence-corrected chi connectivity index (χ0v) is 19.8. The van der Waals surface area contributed by atoms with Gasteiger partial charge >= 0.3 is 0 Å². The van der Waals surface area contributed by atoms with Crippen LogP contribution in [0.3, 0.4) is 0 Å². The summed E-state index contributed by atoms with van der Waals surface area (Å²) in [6.45, 7) is 4.51. The molecular formula is C24H33N3O4S. The SMILES string of the molecule is Cn1c(C2CC2)cc2cc(S(=O)(=O)NC3CCC(C)(C(=O)N4CCOCC4)CC3)ccc21. The van der Waals surface area contributed by atoms with Crippen molar-refractivity contribution < 1.29 is 17.9 Å². The second-order valence-corrected chi connectivity index (χ2v) is 11.7. The molecule has 3 aliphatic rings. The van der Waals surface area contributed by atoms with Crippen LogP contribution in [0.5, 0.6) is 0 Å². The monoisotopic (exact) mass is 459 g/mol. The van der Waals surface area contributed by atoms with Gasteiger partial charge in [0.25, 0.3) is 0 Å². The number of nitrogens with zero attached hydrogens (tertiary/aromatic N) is 2. The van der Waals surface area contributed by atoms with Crippen molar-refractivity contribution in [3.05, 3.63) is 30.0 Å². The van der Waals surface area contributed by atoms with Gasteiger partial charge in [0.2, 0.25) is 15.9 Å². The molecule has 1 amide bonds. The van der Waals surface area contributed by atoms with E-state index in [0.29, 0.717) is 62.8 Å². The molecule has 2 heterocycles. The molecule has 1 aromatic heterocycles. The number of sulfonamides is 1. The minimum absolute atomic E-state index is 0.140. The molecule has 7 nitrogen and oxygen atoms in total. The van der Waals surface area contributed by atoms with E-state index in [0.717, 1.165) is 10.9 Å². The summed E-state index contributed by atoms with van der Waals surface area (Å²) < 4.78 is 36.7. The van der Waals surface area contributed by atoms with E-state index >= 15 is 0 Å². The Labute approximate surface area is 190 Å². The van der Waals surface area contributed by atoms with Crippen LogP contribution in [0.15, 0.2) is 29.2 Å². The first-order chi connectivity index (χ1) is 15.3. The smallest absolute Gasteiger partial charge is 0.240 e. The Morgan fingerprint density at radius 1 is 1.09 bits per heavy atom. The number of hydrogen-bond donors (Lipinski definition) is 1. The Morgan fingerprint density at radius 2 is 1.78 bits per heavy atom. The third kappa shape index (κ3) is 4.08. The molecule has 1 aliphatic heterocycles. The molecule has 0 bridgehead atoms. The summed E-state index contributed by atoms with van der Waals surface area (Å²) in [6.07, 6.45) is 5.16. The number of rotatable bonds is 5. The largest absolute Gasteiger partial charge is 0.378 e. The molecule has 2 aliphatic carbocycles. The van der Waals surface area contributed by atoms with Crippen LogP contribution < -0.4 is 4.72 Å². The first-order valence-electron chi connectivity index (χ1n) is 11.8. The molecule has 0 spiro atoms. The molecule has 1 saturated heterocycles. The van der Waals surface area contributed by atoms with E-state index in [1.54, 1.807) is 12.1 Å². The Kier molecular flexibility index (Phi) is 5.58. The number of nitrogens with one attached hydrogen (secondary N) is 1. The summed E-state index contributed by atoms with van der Waals surface area (Å²) in [5, 5.41) is 0.976. The van der Waals surface area contributed by atoms with Gasteiger partial charge in [0.1, 0.15) is 0 Å². The van der Waals surface area contributed by atoms with Gasteiger partial charge in [-0.1, -0.05) is 6.92 Å². The zero-order valence-electron chi connectivity index (χ0n) is 19.0. The number of morpholine rings is 1. The molecule has 5 rings (SSSR count). The molecule has 3 fully saturated rings. The van der Waals surface area contributed by atoms with E-state index in [-0.39, 0.29) is 11.9 Å². The van der Waals surface area contributed by atoms with Crippen molar-refractivity contribution in [1.29, 1.82) is 0 Å². The summed E-state index contributed by atoms with van der Waals surface area (Å²) in [6, 6.07) is 7.40. The number of ether oxygens (including phenoxy) is 1. The minimum Gasteiger partial charge on any atom is -0.378 e. The molecule has 1 aromatic carbocycles. The van der Waals surface area contributed by atoms with Gasteiger partial charge in [0.15, 0.2) is 0 Å². The number of hydrogen-bond acceptors (Lipinski definition) is 4. The molecule has 1 N–H and O–H groups in total. The summed E-state index contributed by atoms with van der Waals surface area (Å²) in [4.78, 5) is 15.2. The average Bonchev–Trinajstić information content (AvgIpc) is 3.59. The molecule has 0 radical (unpaired) electrons. The Balaban J connectivity index is 1.26. The van der Waals surface area contributed by atoms with Crippen LogP contribution in [0.4, 0.5) is 0 Å². The van der Waals surface area contributed by atoms with Crippen LogP contribution in [-0.2, 0) is 26.6 Å². The van der Waals surface area contributed by atoms with Crippen LogP contribution in [0.2, 0.25) is 0 Å². The highest BCUT2D eigenvalue weighted by atomic mass is 32.2. The summed E-state index contributed by atoms with van der Waals surface area (Å²) in [5.41, 5.74) is 1.95. The predicted molar refractivity (Wildman–Crippen MR) is 123 cm³/mol. The molecule has 0 unspecified atom stereocenters. The van der Waals surface area contributed by atoms with Crippen molar-refractivity contribution in [2.45, 2.75) is 62.3 Å². The Bertz CT molecular complexity index is 1120. The Hall–Kier alpha value is -1.90. The van der Waals surface area contributed by atoms with Gasteiger partial charge in [-0.25, -0.2) is 13.1 Å². The number of benzene rings is 1. The van der Waals surface area contributed by atoms with E-state index in [2.05, 4.69) is 22.4 Å². The van der Waals surface area contributed by atoms with Gasteiger partial charge in [-0.15, -0.1) is 0 Å². The van der Waals surface area contributed by atoms with Crippen molar-refractivity contribution >= 4 is 26.8 Å². The number of amides is 1. The molecule has 0 atom stereocenters. The lowest BCUT2D eigenvalue weighted by Crippen LogP contribution is -2.50. The first kappa shape index (κ1) is 21.9. The highest BCUT2D eigenvalue weighted by Crippen LogP contribution is 2.42. The van der Waals surface area contributed by atoms with Crippen molar-refractivity contribution in [2.24, 2.45) is 12.5 Å². The maximum absolute atomic E-state index is 13.1. The van der Waals surface area contributed by atoms with Crippen LogP contribution in [0.1, 0.15) is 57.1 Å². The molecular weight excluding hydrogens is 426 g/mol. The van der Waals surface area contributed by atoms with Crippen LogP contribution >= 0.6 is 0 Å². The molecule has 8 heteroatoms. The standard InChI is InChI=1S/C24H33N3O4S/c1-24(23(28)27-11-13-31-14-12-27)9-7-19(8-10-24)25-32(29,30)20-5-6-21-18(15-20)16-22(26(21)2)17-3-4-17/h5-6,15-17,19,25H,3-4,7-14H2,1-2H3. The highest BCUT2D eigenvalue weighted by Gasteiger charge is 2.41. The van der Waals surface area contributed by atoms with Crippen molar-refractivity contribution in [1.82, 2.24) is 14.2 Å². The van der Waals surface area contributed by atoms with E-state index in [4.69, 9.17) is 4.74 Å². The van der Waals surface area contributed by atoms with Crippen LogP contribution in [0.25, 0.3) is 10.9 Å². The Morgan fingerprint density at radius 3 is 2.44 bits per heavy atom. The molecule has 2 saturated carbocycles. The predicted octanol–water partition coefficient (Wildman–Crippen LogP) is 3.14. The second-order valence-electron chi connectivity index (χ2n) is 9.98. The lowest BCUT2D eigenvalue weighted by molar-refractivity contribution is -0.147. The minimum atomic E-state index is -3.61. The summed E-state index contributed by atoms with van der Waals surface area (Å²) in [7, 11) is -1.55. The van der Waals surface area contributed by atoms with E-state index in [9.17, 15) is 13.2 Å². The lowest BCUT2D eigenvalue weighted by Gasteiger charge is -2.40. The lowest BCUT2D eigenvalue weighted by atomic mass is 9.73. The van der Waals surface area contributed by atoms with Gasteiger partial charge in [0.05, 0.1) is 18.1 Å². The number of carbonyl (C=O) groups excluding carboxylic acids is 1. The van der Waals surface area contributed by atoms with Gasteiger partial charge in [-0.05, 0) is 68.7 Å². The maximum Gasteiger partial charge on any atom is 0.240 e. The molecule has 174 valence electrons. The zero-order chi connectivity index (χ0) is 22.5. The van der Waals surface area contributed by atoms with Crippen molar-refractivity contribution in [2.75, 3.05) is 26.3 Å². The molecule has 32 heavy (non-hydrogen) atoms. The fraction of sp³-hybridized carbons (Fsp3) is 0.625. The number of fused-ring (bicyclic) bond motifs is 1. The fourth-order valence-corrected chi connectivity index (χ4v) is 6.65. The number of aromatic nitrogens is 1. The van der Waals surface area contributed by atoms with E-state index < -0.39 is 15.4 Å². The maximum atomic E-state index is 13.1. The highest BCUT2D eigenvalue weighted by molar-refractivity contribution is 7.89. The fourth-order valence-electron chi connectivity index (χ4n) is 5.31. The quantitative estimate of drug-likeness (QED) is 0.745. The first-order valence-corrected chi connectivity index (χ1v) is 13.2. The van der Waals surface area contributed by atoms with Gasteiger partial charge in [-0.3, -0.25) is 4.79 Å².